The van der Waals surface area contributed by atoms with Gasteiger partial charge in [0.15, 0.2) is 0 Å². The van der Waals surface area contributed by atoms with Crippen LogP contribution in [0.2, 0.25) is 0 Å². The Balaban J connectivity index is 2.55. The molecule has 0 aromatic carbocycles. The van der Waals surface area contributed by atoms with Crippen LogP contribution in [0.3, 0.4) is 0 Å². The molecule has 1 atom stereocenters. The van der Waals surface area contributed by atoms with Gasteiger partial charge in [0, 0.05) is 6.54 Å². The minimum Gasteiger partial charge on any atom is -0.378 e. The van der Waals surface area contributed by atoms with Gasteiger partial charge in [-0.3, -0.25) is 0 Å². The lowest BCUT2D eigenvalue weighted by molar-refractivity contribution is -0.407. The second-order valence-electron chi connectivity index (χ2n) is 2.42. The molecule has 0 amide bonds. The lowest BCUT2D eigenvalue weighted by Gasteiger charge is -2.28. The molecule has 1 saturated heterocycles. The molecular formula is C5H11NO4. The summed E-state index contributed by atoms with van der Waals surface area (Å²) in [5, 5.41) is 34.7. The zero-order valence-electron chi connectivity index (χ0n) is 5.43. The molecule has 5 nitrogen and oxygen atoms in total. The summed E-state index contributed by atoms with van der Waals surface area (Å²) in [6, 6.07) is 0. The summed E-state index contributed by atoms with van der Waals surface area (Å²) in [6.45, 7) is 0.296. The van der Waals surface area contributed by atoms with Gasteiger partial charge in [0.1, 0.15) is 6.23 Å². The van der Waals surface area contributed by atoms with Crippen molar-refractivity contribution in [1.82, 2.24) is 4.90 Å². The van der Waals surface area contributed by atoms with Crippen LogP contribution in [0.4, 0.5) is 0 Å². The Hall–Kier alpha value is -0.200. The summed E-state index contributed by atoms with van der Waals surface area (Å²) >= 11 is 0. The second-order valence-corrected chi connectivity index (χ2v) is 2.42. The van der Waals surface area contributed by atoms with Crippen molar-refractivity contribution in [3.63, 3.8) is 0 Å². The third-order valence-electron chi connectivity index (χ3n) is 1.61. The van der Waals surface area contributed by atoms with Gasteiger partial charge < -0.3 is 20.4 Å². The summed E-state index contributed by atoms with van der Waals surface area (Å²) in [7, 11) is 0. The topological polar surface area (TPSA) is 84.2 Å². The fourth-order valence-electron chi connectivity index (χ4n) is 1.10. The van der Waals surface area contributed by atoms with Crippen LogP contribution in [0, 0.1) is 0 Å². The zero-order valence-corrected chi connectivity index (χ0v) is 5.43. The summed E-state index contributed by atoms with van der Waals surface area (Å²) in [4.78, 5) is 0.812. The summed E-state index contributed by atoms with van der Waals surface area (Å²) < 4.78 is 0. The van der Waals surface area contributed by atoms with E-state index in [0.717, 1.165) is 4.90 Å². The minimum atomic E-state index is -2.87. The Morgan fingerprint density at radius 1 is 1.30 bits per heavy atom. The largest absolute Gasteiger partial charge is 0.378 e. The monoisotopic (exact) mass is 149 g/mol. The first-order valence-corrected chi connectivity index (χ1v) is 3.14. The Morgan fingerprint density at radius 2 is 1.90 bits per heavy atom. The molecule has 0 bridgehead atoms. The number of likely N-dealkylation sites (tertiary alicyclic amines) is 1. The molecule has 5 heteroatoms. The SMILES string of the molecule is OC1CCCN1C(O)(O)O. The molecule has 1 heterocycles. The quantitative estimate of drug-likeness (QED) is 0.324. The highest BCUT2D eigenvalue weighted by molar-refractivity contribution is 4.71. The first-order valence-electron chi connectivity index (χ1n) is 3.14. The number of aliphatic hydroxyl groups excluding tert-OH is 1. The van der Waals surface area contributed by atoms with Crippen molar-refractivity contribution in [2.75, 3.05) is 6.54 Å². The molecule has 60 valence electrons. The molecule has 1 aliphatic rings. The van der Waals surface area contributed by atoms with Gasteiger partial charge in [-0.15, -0.1) is 0 Å². The molecule has 10 heavy (non-hydrogen) atoms. The molecule has 0 radical (unpaired) electrons. The smallest absolute Gasteiger partial charge is 0.347 e. The second kappa shape index (κ2) is 2.44. The van der Waals surface area contributed by atoms with Crippen LogP contribution < -0.4 is 0 Å². The number of rotatable bonds is 1. The van der Waals surface area contributed by atoms with E-state index >= 15 is 0 Å². The van der Waals surface area contributed by atoms with Crippen LogP contribution in [0.1, 0.15) is 12.8 Å². The van der Waals surface area contributed by atoms with Crippen molar-refractivity contribution in [3.05, 3.63) is 0 Å². The fourth-order valence-corrected chi connectivity index (χ4v) is 1.10. The van der Waals surface area contributed by atoms with Gasteiger partial charge in [-0.05, 0) is 12.8 Å². The number of hydrogen-bond donors (Lipinski definition) is 4. The van der Waals surface area contributed by atoms with Gasteiger partial charge >= 0.3 is 6.10 Å². The van der Waals surface area contributed by atoms with Crippen molar-refractivity contribution in [1.29, 1.82) is 0 Å². The molecule has 1 fully saturated rings. The molecule has 1 rings (SSSR count). The van der Waals surface area contributed by atoms with Crippen molar-refractivity contribution < 1.29 is 20.4 Å². The third-order valence-corrected chi connectivity index (χ3v) is 1.61. The van der Waals surface area contributed by atoms with Gasteiger partial charge in [-0.1, -0.05) is 0 Å². The van der Waals surface area contributed by atoms with Gasteiger partial charge in [0.2, 0.25) is 0 Å². The molecule has 0 spiro atoms. The average molecular weight is 149 g/mol. The average Bonchev–Trinajstić information content (AvgIpc) is 2.11. The van der Waals surface area contributed by atoms with E-state index in [1.165, 1.54) is 0 Å². The van der Waals surface area contributed by atoms with E-state index in [1.54, 1.807) is 0 Å². The highest BCUT2D eigenvalue weighted by Crippen LogP contribution is 2.19. The maximum atomic E-state index is 8.97. The van der Waals surface area contributed by atoms with Crippen molar-refractivity contribution in [2.45, 2.75) is 25.2 Å². The molecule has 1 aliphatic heterocycles. The maximum Gasteiger partial charge on any atom is 0.347 e. The van der Waals surface area contributed by atoms with Crippen molar-refractivity contribution >= 4 is 0 Å². The predicted octanol–water partition coefficient (Wildman–Crippen LogP) is -2.01. The normalized spacial score (nSPS) is 29.4. The van der Waals surface area contributed by atoms with E-state index in [9.17, 15) is 0 Å². The van der Waals surface area contributed by atoms with Gasteiger partial charge in [0.05, 0.1) is 0 Å². The number of aliphatic hydroxyl groups is 4. The van der Waals surface area contributed by atoms with Gasteiger partial charge in [-0.2, -0.15) is 0 Å². The summed E-state index contributed by atoms with van der Waals surface area (Å²) in [5.41, 5.74) is 0. The summed E-state index contributed by atoms with van der Waals surface area (Å²) in [5.74, 6) is 0. The lowest BCUT2D eigenvalue weighted by Crippen LogP contribution is -2.50. The van der Waals surface area contributed by atoms with E-state index in [1.807, 2.05) is 0 Å². The van der Waals surface area contributed by atoms with E-state index in [4.69, 9.17) is 20.4 Å². The van der Waals surface area contributed by atoms with Gasteiger partial charge in [0.25, 0.3) is 0 Å². The summed E-state index contributed by atoms with van der Waals surface area (Å²) in [6.07, 6.45) is -2.69. The Morgan fingerprint density at radius 3 is 2.10 bits per heavy atom. The van der Waals surface area contributed by atoms with Crippen molar-refractivity contribution in [2.24, 2.45) is 0 Å². The van der Waals surface area contributed by atoms with E-state index < -0.39 is 12.3 Å². The molecule has 0 aromatic heterocycles. The lowest BCUT2D eigenvalue weighted by atomic mass is 10.4. The van der Waals surface area contributed by atoms with E-state index in [2.05, 4.69) is 0 Å². The van der Waals surface area contributed by atoms with Crippen LogP contribution in [0.25, 0.3) is 0 Å². The highest BCUT2D eigenvalue weighted by atomic mass is 16.7. The van der Waals surface area contributed by atoms with Crippen molar-refractivity contribution in [3.8, 4) is 0 Å². The fraction of sp³-hybridized carbons (Fsp3) is 1.00. The Bertz CT molecular complexity index is 121. The third kappa shape index (κ3) is 1.44. The number of nitrogens with zero attached hydrogens (tertiary/aromatic N) is 1. The first-order chi connectivity index (χ1) is 4.52. The molecule has 1 unspecified atom stereocenters. The molecule has 0 aliphatic carbocycles. The van der Waals surface area contributed by atoms with Crippen LogP contribution in [0.5, 0.6) is 0 Å². The van der Waals surface area contributed by atoms with E-state index in [-0.39, 0.29) is 0 Å². The Labute approximate surface area is 58.1 Å². The molecular weight excluding hydrogens is 138 g/mol. The Kier molecular flexibility index (Phi) is 1.93. The first kappa shape index (κ1) is 7.90. The minimum absolute atomic E-state index is 0.296. The van der Waals surface area contributed by atoms with Crippen LogP contribution >= 0.6 is 0 Å². The van der Waals surface area contributed by atoms with Crippen LogP contribution in [-0.2, 0) is 0 Å². The van der Waals surface area contributed by atoms with E-state index in [0.29, 0.717) is 19.4 Å². The van der Waals surface area contributed by atoms with Crippen LogP contribution in [-0.4, -0.2) is 44.2 Å². The predicted molar refractivity (Wildman–Crippen MR) is 31.3 cm³/mol. The zero-order chi connectivity index (χ0) is 7.78. The maximum absolute atomic E-state index is 8.97. The van der Waals surface area contributed by atoms with Crippen LogP contribution in [0.15, 0.2) is 0 Å². The molecule has 0 saturated carbocycles. The van der Waals surface area contributed by atoms with Gasteiger partial charge in [-0.25, -0.2) is 4.90 Å². The standard InChI is InChI=1S/C5H11NO4/c7-4-2-1-3-6(4)5(8,9)10/h4,7-10H,1-3H2. The highest BCUT2D eigenvalue weighted by Gasteiger charge is 2.37. The molecule has 4 N–H and O–H groups in total. The molecule has 0 aromatic rings. The number of hydrogen-bond acceptors (Lipinski definition) is 5.